The van der Waals surface area contributed by atoms with Crippen molar-refractivity contribution in [3.63, 3.8) is 0 Å². The lowest BCUT2D eigenvalue weighted by Gasteiger charge is -2.43. The van der Waals surface area contributed by atoms with Crippen molar-refractivity contribution in [1.82, 2.24) is 20.5 Å². The van der Waals surface area contributed by atoms with E-state index in [0.717, 1.165) is 54.7 Å². The molecule has 3 amide bonds. The highest BCUT2D eigenvalue weighted by atomic mass is 16.6. The number of esters is 1. The average molecular weight is 957 g/mol. The second-order valence-electron chi connectivity index (χ2n) is 17.8. The van der Waals surface area contributed by atoms with Crippen LogP contribution in [0.2, 0.25) is 0 Å². The number of benzene rings is 6. The SMILES string of the molecule is O=C(N[C@@H](c1ccccc1)c1cccc(OCc2ccc(C(=O)OCCN(C(=O)Nc3ccc(CNCC(O)c4ccc(O)c5[nH]c(=O)ccc45)cc3)c3ccccc3)cc2)c1)OC1CN2CCC1CC2. The molecule has 15 nitrogen and oxygen atoms in total. The number of ether oxygens (including phenoxy) is 3. The summed E-state index contributed by atoms with van der Waals surface area (Å²) in [6.07, 6.45) is 0.650. The zero-order valence-electron chi connectivity index (χ0n) is 39.0. The van der Waals surface area contributed by atoms with E-state index < -0.39 is 30.2 Å². The molecule has 71 heavy (non-hydrogen) atoms. The van der Waals surface area contributed by atoms with Crippen molar-refractivity contribution in [3.8, 4) is 11.5 Å². The summed E-state index contributed by atoms with van der Waals surface area (Å²) >= 11 is 0. The van der Waals surface area contributed by atoms with Crippen molar-refractivity contribution in [2.75, 3.05) is 49.5 Å². The molecule has 0 saturated carbocycles. The Morgan fingerprint density at radius 1 is 0.789 bits per heavy atom. The Morgan fingerprint density at radius 2 is 1.51 bits per heavy atom. The van der Waals surface area contributed by atoms with E-state index in [9.17, 15) is 29.4 Å². The molecule has 3 aliphatic rings. The third-order valence-electron chi connectivity index (χ3n) is 13.0. The number of fused-ring (bicyclic) bond motifs is 4. The molecule has 0 radical (unpaired) electrons. The number of H-pyrrole nitrogens is 1. The first-order chi connectivity index (χ1) is 34.6. The van der Waals surface area contributed by atoms with E-state index in [1.807, 2.05) is 84.9 Å². The number of aromatic amines is 1. The Labute approximate surface area is 411 Å². The van der Waals surface area contributed by atoms with Crippen LogP contribution >= 0.6 is 0 Å². The second-order valence-corrected chi connectivity index (χ2v) is 17.8. The van der Waals surface area contributed by atoms with Crippen molar-refractivity contribution >= 4 is 40.4 Å². The molecule has 1 aromatic heterocycles. The standard InChI is InChI=1S/C56H56N6O9/c63-48-24-22-46(47-23-25-51(65)59-53(47)48)49(64)34-57-33-37-16-20-43(21-17-37)58-55(67)62(44-11-5-2-6-12-44)30-31-69-54(66)41-18-14-38(15-19-41)36-70-45-13-7-10-42(32-45)52(40-8-3-1-4-9-40)60-56(68)71-50-35-61-28-26-39(50)27-29-61/h1-25,32,39,49-50,52,57,63-64H,26-31,33-36H2,(H,58,67)(H,59,65)(H,60,68)/t49?,50?,52-/m0/s1. The lowest BCUT2D eigenvalue weighted by molar-refractivity contribution is -0.0336. The average Bonchev–Trinajstić information content (AvgIpc) is 3.40. The largest absolute Gasteiger partial charge is 0.506 e. The van der Waals surface area contributed by atoms with Crippen LogP contribution in [0.4, 0.5) is 21.0 Å². The predicted molar refractivity (Wildman–Crippen MR) is 271 cm³/mol. The maximum absolute atomic E-state index is 13.7. The van der Waals surface area contributed by atoms with Gasteiger partial charge in [-0.25, -0.2) is 14.4 Å². The normalized spacial score (nSPS) is 16.9. The van der Waals surface area contributed by atoms with Crippen LogP contribution < -0.4 is 31.1 Å². The molecule has 2 unspecified atom stereocenters. The Bertz CT molecular complexity index is 2980. The first-order valence-corrected chi connectivity index (χ1v) is 23.8. The van der Waals surface area contributed by atoms with Crippen molar-refractivity contribution < 1.29 is 38.8 Å². The number of hydrogen-bond donors (Lipinski definition) is 6. The fraction of sp³-hybridized carbons (Fsp3) is 0.250. The minimum absolute atomic E-state index is 0.0626. The lowest BCUT2D eigenvalue weighted by Crippen LogP contribution is -2.52. The predicted octanol–water partition coefficient (Wildman–Crippen LogP) is 8.44. The van der Waals surface area contributed by atoms with Crippen molar-refractivity contribution in [2.45, 2.75) is 44.2 Å². The number of phenolic OH excluding ortho intramolecular Hbond substituents is 1. The van der Waals surface area contributed by atoms with E-state index in [4.69, 9.17) is 14.2 Å². The number of aromatic nitrogens is 1. The number of aromatic hydroxyl groups is 1. The van der Waals surface area contributed by atoms with Gasteiger partial charge in [0.25, 0.3) is 0 Å². The van der Waals surface area contributed by atoms with Gasteiger partial charge in [0.05, 0.1) is 29.8 Å². The molecule has 0 aliphatic carbocycles. The number of nitrogens with one attached hydrogen (secondary N) is 4. The van der Waals surface area contributed by atoms with E-state index >= 15 is 0 Å². The Kier molecular flexibility index (Phi) is 15.3. The Balaban J connectivity index is 0.748. The zero-order chi connectivity index (χ0) is 49.1. The van der Waals surface area contributed by atoms with Gasteiger partial charge in [-0.2, -0.15) is 0 Å². The number of rotatable bonds is 18. The van der Waals surface area contributed by atoms with E-state index in [-0.39, 0.29) is 49.2 Å². The summed E-state index contributed by atoms with van der Waals surface area (Å²) in [6, 6.07) is 45.9. The van der Waals surface area contributed by atoms with Gasteiger partial charge in [0.2, 0.25) is 5.56 Å². The van der Waals surface area contributed by atoms with Crippen LogP contribution in [0.25, 0.3) is 10.9 Å². The molecule has 364 valence electrons. The number of carbonyl (C=O) groups excluding carboxylic acids is 3. The molecule has 4 heterocycles. The summed E-state index contributed by atoms with van der Waals surface area (Å²) in [5, 5.41) is 30.9. The summed E-state index contributed by atoms with van der Waals surface area (Å²) in [4.78, 5) is 58.4. The number of aliphatic hydroxyl groups is 1. The maximum atomic E-state index is 13.7. The van der Waals surface area contributed by atoms with Crippen molar-refractivity contribution in [1.29, 1.82) is 0 Å². The minimum Gasteiger partial charge on any atom is -0.506 e. The van der Waals surface area contributed by atoms with Gasteiger partial charge < -0.3 is 45.4 Å². The van der Waals surface area contributed by atoms with Crippen LogP contribution in [0.15, 0.2) is 163 Å². The topological polar surface area (TPSA) is 195 Å². The van der Waals surface area contributed by atoms with Crippen LogP contribution in [0, 0.1) is 5.92 Å². The fourth-order valence-electron chi connectivity index (χ4n) is 9.20. The van der Waals surface area contributed by atoms with E-state index in [1.54, 1.807) is 60.7 Å². The van der Waals surface area contributed by atoms with Gasteiger partial charge in [0.1, 0.15) is 30.8 Å². The summed E-state index contributed by atoms with van der Waals surface area (Å²) in [6.45, 7) is 3.81. The van der Waals surface area contributed by atoms with Crippen LogP contribution in [-0.2, 0) is 22.6 Å². The van der Waals surface area contributed by atoms with Gasteiger partial charge in [-0.05, 0) is 120 Å². The number of anilines is 2. The number of alkyl carbamates (subject to hydrolysis) is 1. The Hall–Kier alpha value is -7.98. The molecule has 3 saturated heterocycles. The quantitative estimate of drug-likeness (QED) is 0.0452. The van der Waals surface area contributed by atoms with Gasteiger partial charge in [-0.3, -0.25) is 14.6 Å². The molecule has 6 N–H and O–H groups in total. The molecule has 2 bridgehead atoms. The molecular weight excluding hydrogens is 901 g/mol. The monoisotopic (exact) mass is 956 g/mol. The van der Waals surface area contributed by atoms with Crippen molar-refractivity contribution in [3.05, 3.63) is 201 Å². The number of piperidine rings is 3. The van der Waals surface area contributed by atoms with Crippen LogP contribution in [0.1, 0.15) is 63.2 Å². The number of pyridine rings is 1. The molecule has 3 atom stereocenters. The van der Waals surface area contributed by atoms with Gasteiger partial charge in [0, 0.05) is 42.5 Å². The van der Waals surface area contributed by atoms with Gasteiger partial charge in [-0.15, -0.1) is 0 Å². The number of phenols is 1. The zero-order valence-corrected chi connectivity index (χ0v) is 39.0. The number of aliphatic hydroxyl groups excluding tert-OH is 1. The molecule has 7 aromatic rings. The molecular formula is C56H56N6O9. The van der Waals surface area contributed by atoms with Gasteiger partial charge in [0.15, 0.2) is 0 Å². The number of para-hydroxylation sites is 1. The number of urea groups is 1. The third-order valence-corrected chi connectivity index (χ3v) is 13.0. The highest BCUT2D eigenvalue weighted by Crippen LogP contribution is 2.32. The van der Waals surface area contributed by atoms with Crippen LogP contribution in [0.5, 0.6) is 11.5 Å². The fourth-order valence-corrected chi connectivity index (χ4v) is 9.20. The van der Waals surface area contributed by atoms with Gasteiger partial charge in [-0.1, -0.05) is 91.0 Å². The molecule has 3 aliphatic heterocycles. The number of amides is 3. The minimum atomic E-state index is -0.905. The molecule has 3 fully saturated rings. The molecule has 0 spiro atoms. The summed E-state index contributed by atoms with van der Waals surface area (Å²) < 4.78 is 17.8. The molecule has 15 heteroatoms. The maximum Gasteiger partial charge on any atom is 0.408 e. The highest BCUT2D eigenvalue weighted by molar-refractivity contribution is 6.01. The summed E-state index contributed by atoms with van der Waals surface area (Å²) in [7, 11) is 0. The summed E-state index contributed by atoms with van der Waals surface area (Å²) in [5.74, 6) is 0.411. The third kappa shape index (κ3) is 12.3. The smallest absolute Gasteiger partial charge is 0.408 e. The van der Waals surface area contributed by atoms with E-state index in [1.165, 1.54) is 17.0 Å². The van der Waals surface area contributed by atoms with Crippen LogP contribution in [-0.4, -0.2) is 83.6 Å². The highest BCUT2D eigenvalue weighted by Gasteiger charge is 2.37. The summed E-state index contributed by atoms with van der Waals surface area (Å²) in [5.41, 5.74) is 5.53. The van der Waals surface area contributed by atoms with Gasteiger partial charge >= 0.3 is 18.1 Å². The number of hydrogen-bond acceptors (Lipinski definition) is 11. The first kappa shape index (κ1) is 48.1. The number of nitrogens with zero attached hydrogens (tertiary/aromatic N) is 2. The molecule has 10 rings (SSSR count). The van der Waals surface area contributed by atoms with E-state index in [0.29, 0.717) is 46.1 Å². The first-order valence-electron chi connectivity index (χ1n) is 23.8. The van der Waals surface area contributed by atoms with Crippen LogP contribution in [0.3, 0.4) is 0 Å². The number of carbonyl (C=O) groups is 3. The molecule has 6 aromatic carbocycles. The van der Waals surface area contributed by atoms with Crippen molar-refractivity contribution in [2.24, 2.45) is 5.92 Å². The second kappa shape index (κ2) is 22.6. The van der Waals surface area contributed by atoms with E-state index in [2.05, 4.69) is 25.8 Å². The lowest BCUT2D eigenvalue weighted by atomic mass is 9.86. The Morgan fingerprint density at radius 3 is 2.24 bits per heavy atom.